The molecule has 2 heteroatoms. The lowest BCUT2D eigenvalue weighted by molar-refractivity contribution is 0.139. The minimum atomic E-state index is -0.292. The fourth-order valence-electron chi connectivity index (χ4n) is 3.21. The van der Waals surface area contributed by atoms with Gasteiger partial charge in [-0.05, 0) is 63.3 Å². The van der Waals surface area contributed by atoms with Gasteiger partial charge in [-0.1, -0.05) is 11.6 Å². The van der Waals surface area contributed by atoms with Crippen LogP contribution in [-0.2, 0) is 0 Å². The Bertz CT molecular complexity index is 618. The maximum Gasteiger partial charge on any atom is 0.132 e. The van der Waals surface area contributed by atoms with Crippen molar-refractivity contribution in [1.29, 1.82) is 0 Å². The van der Waals surface area contributed by atoms with Crippen LogP contribution in [0.1, 0.15) is 44.7 Å². The van der Waals surface area contributed by atoms with Crippen molar-refractivity contribution in [2.24, 2.45) is 0 Å². The molecule has 1 heterocycles. The summed E-state index contributed by atoms with van der Waals surface area (Å²) in [6.45, 7) is 8.43. The van der Waals surface area contributed by atoms with Crippen molar-refractivity contribution in [3.8, 4) is 11.5 Å². The molecule has 1 aromatic rings. The molecule has 19 heavy (non-hydrogen) atoms. The molecule has 0 aromatic heterocycles. The Morgan fingerprint density at radius 3 is 2.63 bits per heavy atom. The average molecular weight is 256 g/mol. The second kappa shape index (κ2) is 3.89. The first-order chi connectivity index (χ1) is 8.88. The van der Waals surface area contributed by atoms with Crippen LogP contribution in [0.3, 0.4) is 0 Å². The molecule has 0 atom stereocenters. The van der Waals surface area contributed by atoms with Crippen LogP contribution in [0.25, 0.3) is 5.57 Å². The molecule has 1 aromatic carbocycles. The number of aromatic hydroxyl groups is 1. The summed E-state index contributed by atoms with van der Waals surface area (Å²) in [7, 11) is 0. The largest absolute Gasteiger partial charge is 0.508 e. The van der Waals surface area contributed by atoms with E-state index in [-0.39, 0.29) is 11.4 Å². The van der Waals surface area contributed by atoms with E-state index in [2.05, 4.69) is 26.8 Å². The summed E-state index contributed by atoms with van der Waals surface area (Å²) in [6, 6.07) is 3.54. The van der Waals surface area contributed by atoms with Gasteiger partial charge in [0.05, 0.1) is 0 Å². The van der Waals surface area contributed by atoms with Gasteiger partial charge in [0, 0.05) is 11.6 Å². The molecule has 0 fully saturated rings. The molecule has 0 bridgehead atoms. The highest BCUT2D eigenvalue weighted by Gasteiger charge is 2.36. The Morgan fingerprint density at radius 2 is 1.89 bits per heavy atom. The smallest absolute Gasteiger partial charge is 0.132 e. The Kier molecular flexibility index (Phi) is 2.53. The van der Waals surface area contributed by atoms with Crippen LogP contribution in [0.2, 0.25) is 0 Å². The first-order valence-corrected chi connectivity index (χ1v) is 6.82. The second-order valence-electron chi connectivity index (χ2n) is 6.13. The quantitative estimate of drug-likeness (QED) is 0.747. The van der Waals surface area contributed by atoms with E-state index in [1.807, 2.05) is 13.0 Å². The molecule has 0 saturated heterocycles. The Labute approximate surface area is 114 Å². The molecule has 1 N–H and O–H groups in total. The highest BCUT2D eigenvalue weighted by Crippen LogP contribution is 2.48. The number of hydrogen-bond acceptors (Lipinski definition) is 2. The SMILES string of the molecule is CC1=CC2=C(CC1)C(C)(C)Oc1cc(O)cc(C)c12. The van der Waals surface area contributed by atoms with Gasteiger partial charge < -0.3 is 9.84 Å². The molecular formula is C17H20O2. The van der Waals surface area contributed by atoms with Crippen molar-refractivity contribution in [2.45, 2.75) is 46.1 Å². The number of phenols is 1. The fourth-order valence-corrected chi connectivity index (χ4v) is 3.21. The third-order valence-electron chi connectivity index (χ3n) is 4.13. The highest BCUT2D eigenvalue weighted by molar-refractivity contribution is 5.86. The predicted octanol–water partition coefficient (Wildman–Crippen LogP) is 4.37. The standard InChI is InChI=1S/C17H20O2/c1-10-5-6-14-13(7-10)16-11(2)8-12(18)9-15(16)19-17(14,3)4/h7-9,18H,5-6H2,1-4H3. The van der Waals surface area contributed by atoms with Crippen molar-refractivity contribution >= 4 is 5.57 Å². The first kappa shape index (κ1) is 12.3. The molecule has 0 saturated carbocycles. The zero-order chi connectivity index (χ0) is 13.8. The minimum absolute atomic E-state index is 0.271. The van der Waals surface area contributed by atoms with Crippen LogP contribution in [0, 0.1) is 6.92 Å². The first-order valence-electron chi connectivity index (χ1n) is 6.82. The number of rotatable bonds is 0. The van der Waals surface area contributed by atoms with Gasteiger partial charge in [0.1, 0.15) is 17.1 Å². The van der Waals surface area contributed by atoms with E-state index >= 15 is 0 Å². The van der Waals surface area contributed by atoms with E-state index in [9.17, 15) is 5.11 Å². The summed E-state index contributed by atoms with van der Waals surface area (Å²) in [6.07, 6.45) is 4.45. The molecule has 2 aliphatic rings. The number of hydrogen-bond donors (Lipinski definition) is 1. The van der Waals surface area contributed by atoms with Crippen LogP contribution in [0.4, 0.5) is 0 Å². The summed E-state index contributed by atoms with van der Waals surface area (Å²) in [5.74, 6) is 1.07. The number of ether oxygens (including phenoxy) is 1. The van der Waals surface area contributed by atoms with Gasteiger partial charge >= 0.3 is 0 Å². The summed E-state index contributed by atoms with van der Waals surface area (Å²) < 4.78 is 6.14. The average Bonchev–Trinajstić information content (AvgIpc) is 2.25. The van der Waals surface area contributed by atoms with Crippen molar-refractivity contribution in [3.63, 3.8) is 0 Å². The lowest BCUT2D eigenvalue weighted by Gasteiger charge is -2.39. The molecule has 0 amide bonds. The molecule has 1 aliphatic heterocycles. The lowest BCUT2D eigenvalue weighted by Crippen LogP contribution is -2.35. The van der Waals surface area contributed by atoms with Crippen LogP contribution in [0.15, 0.2) is 29.4 Å². The van der Waals surface area contributed by atoms with Crippen molar-refractivity contribution in [1.82, 2.24) is 0 Å². The van der Waals surface area contributed by atoms with E-state index in [0.717, 1.165) is 29.7 Å². The third kappa shape index (κ3) is 1.86. The van der Waals surface area contributed by atoms with Gasteiger partial charge in [0.15, 0.2) is 0 Å². The summed E-state index contributed by atoms with van der Waals surface area (Å²) in [5, 5.41) is 9.78. The number of benzene rings is 1. The topological polar surface area (TPSA) is 29.5 Å². The minimum Gasteiger partial charge on any atom is -0.508 e. The predicted molar refractivity (Wildman–Crippen MR) is 77.5 cm³/mol. The maximum atomic E-state index is 9.78. The van der Waals surface area contributed by atoms with Crippen molar-refractivity contribution in [2.75, 3.05) is 0 Å². The number of fused-ring (bicyclic) bond motifs is 2. The molecule has 0 radical (unpaired) electrons. The van der Waals surface area contributed by atoms with Gasteiger partial charge in [-0.2, -0.15) is 0 Å². The molecule has 100 valence electrons. The molecule has 0 unspecified atom stereocenters. The van der Waals surface area contributed by atoms with E-state index in [4.69, 9.17) is 4.74 Å². The van der Waals surface area contributed by atoms with Crippen LogP contribution in [-0.4, -0.2) is 10.7 Å². The van der Waals surface area contributed by atoms with Gasteiger partial charge in [-0.3, -0.25) is 0 Å². The second-order valence-corrected chi connectivity index (χ2v) is 6.13. The maximum absolute atomic E-state index is 9.78. The van der Waals surface area contributed by atoms with Crippen molar-refractivity contribution in [3.05, 3.63) is 40.5 Å². The molecule has 3 rings (SSSR count). The highest BCUT2D eigenvalue weighted by atomic mass is 16.5. The number of aryl methyl sites for hydroxylation is 1. The van der Waals surface area contributed by atoms with Crippen molar-refractivity contribution < 1.29 is 9.84 Å². The lowest BCUT2D eigenvalue weighted by atomic mass is 9.78. The summed E-state index contributed by atoms with van der Waals surface area (Å²) in [5.41, 5.74) is 6.01. The van der Waals surface area contributed by atoms with Crippen LogP contribution >= 0.6 is 0 Å². The Balaban J connectivity index is 2.31. The van der Waals surface area contributed by atoms with E-state index < -0.39 is 0 Å². The van der Waals surface area contributed by atoms with E-state index in [1.54, 1.807) is 6.07 Å². The van der Waals surface area contributed by atoms with Gasteiger partial charge in [-0.15, -0.1) is 0 Å². The monoisotopic (exact) mass is 256 g/mol. The molecule has 0 spiro atoms. The van der Waals surface area contributed by atoms with Crippen LogP contribution < -0.4 is 4.74 Å². The number of allylic oxidation sites excluding steroid dienone is 3. The molecular weight excluding hydrogens is 236 g/mol. The number of phenolic OH excluding ortho intramolecular Hbond substituents is 1. The van der Waals surface area contributed by atoms with Gasteiger partial charge in [0.2, 0.25) is 0 Å². The Hall–Kier alpha value is -1.70. The fraction of sp³-hybridized carbons (Fsp3) is 0.412. The van der Waals surface area contributed by atoms with Gasteiger partial charge in [0.25, 0.3) is 0 Å². The molecule has 1 aliphatic carbocycles. The third-order valence-corrected chi connectivity index (χ3v) is 4.13. The summed E-state index contributed by atoms with van der Waals surface area (Å²) >= 11 is 0. The Morgan fingerprint density at radius 1 is 1.16 bits per heavy atom. The van der Waals surface area contributed by atoms with E-state index in [1.165, 1.54) is 16.7 Å². The zero-order valence-corrected chi connectivity index (χ0v) is 12.0. The van der Waals surface area contributed by atoms with E-state index in [0.29, 0.717) is 0 Å². The summed E-state index contributed by atoms with van der Waals surface area (Å²) in [4.78, 5) is 0. The normalized spacial score (nSPS) is 20.3. The van der Waals surface area contributed by atoms with Gasteiger partial charge in [-0.25, -0.2) is 0 Å². The zero-order valence-electron chi connectivity index (χ0n) is 12.0. The van der Waals surface area contributed by atoms with Crippen LogP contribution in [0.5, 0.6) is 11.5 Å². The molecule has 2 nitrogen and oxygen atoms in total.